The number of para-hydroxylation sites is 2. The number of hydrogen-bond donors (Lipinski definition) is 0. The molecule has 8 aromatic carbocycles. The molecule has 0 bridgehead atoms. The van der Waals surface area contributed by atoms with Crippen LogP contribution >= 0.6 is 0 Å². The molecule has 11 aromatic rings. The van der Waals surface area contributed by atoms with Crippen molar-refractivity contribution in [3.05, 3.63) is 164 Å². The van der Waals surface area contributed by atoms with Crippen molar-refractivity contribution in [2.45, 2.75) is 0 Å². The van der Waals surface area contributed by atoms with Gasteiger partial charge in [0.25, 0.3) is 0 Å². The Kier molecular flexibility index (Phi) is 6.18. The average Bonchev–Trinajstić information content (AvgIpc) is 3.80. The van der Waals surface area contributed by atoms with E-state index in [2.05, 4.69) is 84.9 Å². The van der Waals surface area contributed by atoms with E-state index in [0.29, 0.717) is 17.5 Å². The standard InChI is InChI=1S/C47H27N3O2/c1-3-12-28(13-4-1)30-22-24-32-37-27-31(23-25-33(37)43-35-17-8-10-20-40(35)52-44(43)38(32)26-30)46-48-45(29-14-5-2-6-15-29)49-47(50-46)36-18-11-21-41-42(36)34-16-7-9-19-39(34)51-41/h1-27H. The number of furan rings is 2. The van der Waals surface area contributed by atoms with Crippen LogP contribution in [0.2, 0.25) is 0 Å². The molecule has 11 rings (SSSR count). The van der Waals surface area contributed by atoms with Gasteiger partial charge in [0.2, 0.25) is 0 Å². The maximum Gasteiger partial charge on any atom is 0.164 e. The predicted molar refractivity (Wildman–Crippen MR) is 211 cm³/mol. The van der Waals surface area contributed by atoms with E-state index in [1.807, 2.05) is 78.9 Å². The van der Waals surface area contributed by atoms with Crippen LogP contribution in [0.3, 0.4) is 0 Å². The van der Waals surface area contributed by atoms with Crippen LogP contribution in [0.15, 0.2) is 173 Å². The Morgan fingerprint density at radius 3 is 1.67 bits per heavy atom. The molecule has 0 unspecified atom stereocenters. The minimum absolute atomic E-state index is 0.592. The highest BCUT2D eigenvalue weighted by molar-refractivity contribution is 6.30. The maximum atomic E-state index is 6.63. The molecule has 3 aromatic heterocycles. The van der Waals surface area contributed by atoms with Crippen LogP contribution in [-0.2, 0) is 0 Å². The number of aromatic nitrogens is 3. The van der Waals surface area contributed by atoms with E-state index in [0.717, 1.165) is 93.2 Å². The zero-order chi connectivity index (χ0) is 34.2. The smallest absolute Gasteiger partial charge is 0.164 e. The Hall–Kier alpha value is -7.11. The molecule has 0 aliphatic rings. The van der Waals surface area contributed by atoms with Crippen LogP contribution in [0, 0.1) is 0 Å². The summed E-state index contributed by atoms with van der Waals surface area (Å²) in [6.45, 7) is 0. The Morgan fingerprint density at radius 2 is 0.885 bits per heavy atom. The van der Waals surface area contributed by atoms with Gasteiger partial charge in [-0.05, 0) is 57.6 Å². The van der Waals surface area contributed by atoms with Crippen molar-refractivity contribution < 1.29 is 8.83 Å². The summed E-state index contributed by atoms with van der Waals surface area (Å²) in [5.74, 6) is 1.80. The molecule has 52 heavy (non-hydrogen) atoms. The van der Waals surface area contributed by atoms with E-state index < -0.39 is 0 Å². The van der Waals surface area contributed by atoms with E-state index in [-0.39, 0.29) is 0 Å². The first-order valence-corrected chi connectivity index (χ1v) is 17.4. The third-order valence-electron chi connectivity index (χ3n) is 10.1. The van der Waals surface area contributed by atoms with Crippen LogP contribution in [-0.4, -0.2) is 15.0 Å². The SMILES string of the molecule is c1ccc(-c2ccc3c4cc(-c5nc(-c6ccccc6)nc(-c6cccc7oc8ccccc8c67)n5)ccc4c4c5ccccc5oc4c3c2)cc1. The Morgan fingerprint density at radius 1 is 0.308 bits per heavy atom. The fraction of sp³-hybridized carbons (Fsp3) is 0. The first kappa shape index (κ1) is 28.7. The van der Waals surface area contributed by atoms with Crippen molar-refractivity contribution >= 4 is 65.4 Å². The number of hydrogen-bond acceptors (Lipinski definition) is 5. The van der Waals surface area contributed by atoms with Crippen LogP contribution in [0.25, 0.3) is 111 Å². The topological polar surface area (TPSA) is 65.0 Å². The molecule has 5 heteroatoms. The molecule has 3 heterocycles. The van der Waals surface area contributed by atoms with Crippen LogP contribution in [0.4, 0.5) is 0 Å². The normalized spacial score (nSPS) is 11.8. The predicted octanol–water partition coefficient (Wildman–Crippen LogP) is 12.6. The lowest BCUT2D eigenvalue weighted by molar-refractivity contribution is 0.669. The summed E-state index contributed by atoms with van der Waals surface area (Å²) in [6, 6.07) is 56.2. The number of rotatable bonds is 4. The van der Waals surface area contributed by atoms with Gasteiger partial charge in [0.05, 0.1) is 0 Å². The second-order valence-corrected chi connectivity index (χ2v) is 13.1. The van der Waals surface area contributed by atoms with Crippen LogP contribution in [0.5, 0.6) is 0 Å². The van der Waals surface area contributed by atoms with E-state index in [1.54, 1.807) is 0 Å². The minimum atomic E-state index is 0.592. The van der Waals surface area contributed by atoms with Crippen molar-refractivity contribution in [3.8, 4) is 45.3 Å². The maximum absolute atomic E-state index is 6.63. The van der Waals surface area contributed by atoms with Gasteiger partial charge in [-0.2, -0.15) is 0 Å². The van der Waals surface area contributed by atoms with Gasteiger partial charge in [0.1, 0.15) is 22.3 Å². The van der Waals surface area contributed by atoms with Gasteiger partial charge in [0.15, 0.2) is 17.5 Å². The van der Waals surface area contributed by atoms with E-state index in [9.17, 15) is 0 Å². The molecule has 0 radical (unpaired) electrons. The van der Waals surface area contributed by atoms with Crippen molar-refractivity contribution in [1.82, 2.24) is 15.0 Å². The van der Waals surface area contributed by atoms with Gasteiger partial charge in [-0.1, -0.05) is 133 Å². The van der Waals surface area contributed by atoms with Gasteiger partial charge in [-0.15, -0.1) is 0 Å². The minimum Gasteiger partial charge on any atom is -0.456 e. The lowest BCUT2D eigenvalue weighted by Crippen LogP contribution is -2.00. The first-order chi connectivity index (χ1) is 25.8. The molecular weight excluding hydrogens is 639 g/mol. The van der Waals surface area contributed by atoms with E-state index >= 15 is 0 Å². The third-order valence-corrected chi connectivity index (χ3v) is 10.1. The molecule has 5 nitrogen and oxygen atoms in total. The van der Waals surface area contributed by atoms with Gasteiger partial charge < -0.3 is 8.83 Å². The van der Waals surface area contributed by atoms with Crippen molar-refractivity contribution in [2.24, 2.45) is 0 Å². The van der Waals surface area contributed by atoms with Crippen LogP contribution < -0.4 is 0 Å². The third kappa shape index (κ3) is 4.39. The van der Waals surface area contributed by atoms with Crippen molar-refractivity contribution in [1.29, 1.82) is 0 Å². The van der Waals surface area contributed by atoms with Crippen molar-refractivity contribution in [3.63, 3.8) is 0 Å². The molecule has 0 N–H and O–H groups in total. The molecule has 0 fully saturated rings. The highest BCUT2D eigenvalue weighted by Crippen LogP contribution is 2.43. The zero-order valence-corrected chi connectivity index (χ0v) is 27.7. The highest BCUT2D eigenvalue weighted by atomic mass is 16.3. The number of nitrogens with zero attached hydrogens (tertiary/aromatic N) is 3. The second-order valence-electron chi connectivity index (χ2n) is 13.1. The molecule has 0 saturated heterocycles. The average molecular weight is 666 g/mol. The second kappa shape index (κ2) is 11.2. The molecule has 0 atom stereocenters. The zero-order valence-electron chi connectivity index (χ0n) is 27.7. The summed E-state index contributed by atoms with van der Waals surface area (Å²) in [5, 5.41) is 8.62. The molecular formula is C47H27N3O2. The van der Waals surface area contributed by atoms with Gasteiger partial charge in [-0.3, -0.25) is 0 Å². The van der Waals surface area contributed by atoms with Gasteiger partial charge >= 0.3 is 0 Å². The Labute approximate surface area is 297 Å². The molecule has 242 valence electrons. The fourth-order valence-corrected chi connectivity index (χ4v) is 7.71. The Bertz CT molecular complexity index is 3180. The molecule has 0 amide bonds. The number of benzene rings is 8. The lowest BCUT2D eigenvalue weighted by atomic mass is 9.93. The molecule has 0 aliphatic carbocycles. The summed E-state index contributed by atoms with van der Waals surface area (Å²) in [4.78, 5) is 15.4. The summed E-state index contributed by atoms with van der Waals surface area (Å²) < 4.78 is 12.9. The molecule has 0 spiro atoms. The lowest BCUT2D eigenvalue weighted by Gasteiger charge is -2.12. The summed E-state index contributed by atoms with van der Waals surface area (Å²) in [7, 11) is 0. The van der Waals surface area contributed by atoms with Gasteiger partial charge in [-0.25, -0.2) is 15.0 Å². The van der Waals surface area contributed by atoms with Crippen LogP contribution in [0.1, 0.15) is 0 Å². The quantitative estimate of drug-likeness (QED) is 0.175. The summed E-state index contributed by atoms with van der Waals surface area (Å²) >= 11 is 0. The van der Waals surface area contributed by atoms with Crippen molar-refractivity contribution in [2.75, 3.05) is 0 Å². The highest BCUT2D eigenvalue weighted by Gasteiger charge is 2.20. The van der Waals surface area contributed by atoms with Gasteiger partial charge in [0, 0.05) is 43.6 Å². The first-order valence-electron chi connectivity index (χ1n) is 17.4. The van der Waals surface area contributed by atoms with E-state index in [1.165, 1.54) is 0 Å². The monoisotopic (exact) mass is 665 g/mol. The fourth-order valence-electron chi connectivity index (χ4n) is 7.71. The van der Waals surface area contributed by atoms with E-state index in [4.69, 9.17) is 23.8 Å². The molecule has 0 aliphatic heterocycles. The number of fused-ring (bicyclic) bond motifs is 11. The largest absolute Gasteiger partial charge is 0.456 e. The summed E-state index contributed by atoms with van der Waals surface area (Å²) in [6.07, 6.45) is 0. The summed E-state index contributed by atoms with van der Waals surface area (Å²) in [5.41, 5.74) is 8.41. The Balaban J connectivity index is 1.19. The molecule has 0 saturated carbocycles.